The number of hydrogen-bond acceptors (Lipinski definition) is 3. The Labute approximate surface area is 189 Å². The van der Waals surface area contributed by atoms with E-state index >= 15 is 0 Å². The number of nitrogens with one attached hydrogen (secondary N) is 2. The number of likely N-dealkylation sites (tertiary alicyclic amines) is 1. The summed E-state index contributed by atoms with van der Waals surface area (Å²) in [4.78, 5) is 19.1. The molecule has 7 heteroatoms. The number of ether oxygens (including phenoxy) is 1. The molecular weight excluding hydrogens is 412 g/mol. The molecule has 1 atom stereocenters. The number of rotatable bonds is 9. The van der Waals surface area contributed by atoms with Crippen LogP contribution in [0.4, 0.5) is 0 Å². The van der Waals surface area contributed by atoms with Crippen LogP contribution in [-0.4, -0.2) is 50.1 Å². The highest BCUT2D eigenvalue weighted by Gasteiger charge is 2.29. The molecule has 6 nitrogen and oxygen atoms in total. The molecule has 1 aliphatic heterocycles. The summed E-state index contributed by atoms with van der Waals surface area (Å²) in [6.45, 7) is 5.52. The van der Waals surface area contributed by atoms with Crippen LogP contribution in [0.25, 0.3) is 0 Å². The number of carbonyl (C=O) groups is 1. The van der Waals surface area contributed by atoms with Crippen LogP contribution in [0, 0.1) is 5.92 Å². The molecule has 0 spiro atoms. The maximum atomic E-state index is 12.4. The summed E-state index contributed by atoms with van der Waals surface area (Å²) in [5, 5.41) is 7.29. The Hall–Kier alpha value is -2.73. The fourth-order valence-corrected chi connectivity index (χ4v) is 3.87. The van der Waals surface area contributed by atoms with Crippen LogP contribution < -0.4 is 15.4 Å². The van der Waals surface area contributed by atoms with Gasteiger partial charge in [-0.3, -0.25) is 4.79 Å². The van der Waals surface area contributed by atoms with E-state index in [1.54, 1.807) is 13.2 Å². The first-order valence-electron chi connectivity index (χ1n) is 10.7. The second-order valence-electron chi connectivity index (χ2n) is 7.68. The third-order valence-electron chi connectivity index (χ3n) is 5.37. The Morgan fingerprint density at radius 1 is 1.23 bits per heavy atom. The Morgan fingerprint density at radius 3 is 2.77 bits per heavy atom. The predicted molar refractivity (Wildman–Crippen MR) is 126 cm³/mol. The van der Waals surface area contributed by atoms with Gasteiger partial charge < -0.3 is 20.3 Å². The summed E-state index contributed by atoms with van der Waals surface area (Å²) in [5.74, 6) is 1.96. The van der Waals surface area contributed by atoms with Gasteiger partial charge in [0.05, 0.1) is 13.7 Å². The molecule has 2 aromatic rings. The third kappa shape index (κ3) is 6.89. The lowest BCUT2D eigenvalue weighted by molar-refractivity contribution is -0.127. The van der Waals surface area contributed by atoms with Crippen molar-refractivity contribution in [1.29, 1.82) is 0 Å². The van der Waals surface area contributed by atoms with Gasteiger partial charge in [-0.05, 0) is 31.0 Å². The lowest BCUT2D eigenvalue weighted by atomic mass is 10.1. The smallest absolute Gasteiger partial charge is 0.223 e. The number of methoxy groups -OCH3 is 1. The van der Waals surface area contributed by atoms with E-state index in [-0.39, 0.29) is 11.8 Å². The van der Waals surface area contributed by atoms with Crippen molar-refractivity contribution >= 4 is 23.5 Å². The monoisotopic (exact) mass is 442 g/mol. The average Bonchev–Trinajstić information content (AvgIpc) is 3.14. The van der Waals surface area contributed by atoms with Crippen LogP contribution in [0.1, 0.15) is 24.5 Å². The standard InChI is InChI=1S/C24H31ClN4O2/c1-3-26-24(28-16-20-9-10-21(25)14-22(20)31-2)27-15-19-13-23(30)29(17-19)12-11-18-7-5-4-6-8-18/h4-10,14,19H,3,11-13,15-17H2,1-2H3,(H2,26,27,28). The predicted octanol–water partition coefficient (Wildman–Crippen LogP) is 3.49. The van der Waals surface area contributed by atoms with Crippen molar-refractivity contribution in [3.8, 4) is 5.75 Å². The highest BCUT2D eigenvalue weighted by molar-refractivity contribution is 6.30. The van der Waals surface area contributed by atoms with Gasteiger partial charge in [-0.1, -0.05) is 48.0 Å². The van der Waals surface area contributed by atoms with Gasteiger partial charge in [0.1, 0.15) is 5.75 Å². The summed E-state index contributed by atoms with van der Waals surface area (Å²) in [6.07, 6.45) is 1.46. The fraction of sp³-hybridized carbons (Fsp3) is 0.417. The van der Waals surface area contributed by atoms with Gasteiger partial charge in [0.25, 0.3) is 0 Å². The molecule has 1 heterocycles. The molecule has 0 aromatic heterocycles. The maximum Gasteiger partial charge on any atom is 0.223 e. The van der Waals surface area contributed by atoms with E-state index in [9.17, 15) is 4.79 Å². The van der Waals surface area contributed by atoms with E-state index in [2.05, 4.69) is 27.8 Å². The highest BCUT2D eigenvalue weighted by Crippen LogP contribution is 2.23. The summed E-state index contributed by atoms with van der Waals surface area (Å²) in [6, 6.07) is 15.9. The largest absolute Gasteiger partial charge is 0.496 e. The quantitative estimate of drug-likeness (QED) is 0.461. The van der Waals surface area contributed by atoms with Crippen molar-refractivity contribution in [3.05, 3.63) is 64.7 Å². The molecule has 166 valence electrons. The summed E-state index contributed by atoms with van der Waals surface area (Å²) >= 11 is 6.04. The third-order valence-corrected chi connectivity index (χ3v) is 5.60. The van der Waals surface area contributed by atoms with Crippen molar-refractivity contribution in [2.45, 2.75) is 26.3 Å². The van der Waals surface area contributed by atoms with Gasteiger partial charge in [0.15, 0.2) is 5.96 Å². The van der Waals surface area contributed by atoms with Gasteiger partial charge >= 0.3 is 0 Å². The number of halogens is 1. The Kier molecular flexibility index (Phi) is 8.59. The molecule has 1 aliphatic rings. The molecule has 2 N–H and O–H groups in total. The van der Waals surface area contributed by atoms with Crippen LogP contribution in [0.3, 0.4) is 0 Å². The zero-order chi connectivity index (χ0) is 22.1. The second-order valence-corrected chi connectivity index (χ2v) is 8.11. The molecule has 0 radical (unpaired) electrons. The van der Waals surface area contributed by atoms with Crippen LogP contribution in [0.5, 0.6) is 5.75 Å². The molecule has 1 saturated heterocycles. The minimum Gasteiger partial charge on any atom is -0.496 e. The summed E-state index contributed by atoms with van der Waals surface area (Å²) < 4.78 is 5.40. The Balaban J connectivity index is 1.51. The normalized spacial score (nSPS) is 16.5. The Morgan fingerprint density at radius 2 is 2.03 bits per heavy atom. The molecule has 31 heavy (non-hydrogen) atoms. The van der Waals surface area contributed by atoms with Crippen molar-refractivity contribution < 1.29 is 9.53 Å². The molecule has 3 rings (SSSR count). The van der Waals surface area contributed by atoms with Crippen LogP contribution in [0.2, 0.25) is 5.02 Å². The van der Waals surface area contributed by atoms with Crippen molar-refractivity contribution in [3.63, 3.8) is 0 Å². The van der Waals surface area contributed by atoms with Gasteiger partial charge in [0, 0.05) is 49.1 Å². The van der Waals surface area contributed by atoms with Gasteiger partial charge in [-0.25, -0.2) is 4.99 Å². The van der Waals surface area contributed by atoms with Crippen LogP contribution >= 0.6 is 11.6 Å². The van der Waals surface area contributed by atoms with Gasteiger partial charge in [-0.15, -0.1) is 0 Å². The van der Waals surface area contributed by atoms with Crippen molar-refractivity contribution in [2.75, 3.05) is 33.3 Å². The second kappa shape index (κ2) is 11.6. The number of hydrogen-bond donors (Lipinski definition) is 2. The number of aliphatic imine (C=N–C) groups is 1. The number of benzene rings is 2. The molecule has 0 saturated carbocycles. The number of guanidine groups is 1. The van der Waals surface area contributed by atoms with Gasteiger partial charge in [0.2, 0.25) is 5.91 Å². The average molecular weight is 443 g/mol. The molecule has 1 unspecified atom stereocenters. The van der Waals surface area contributed by atoms with E-state index in [4.69, 9.17) is 16.3 Å². The minimum absolute atomic E-state index is 0.232. The number of carbonyl (C=O) groups excluding carboxylic acids is 1. The van der Waals surface area contributed by atoms with E-state index < -0.39 is 0 Å². The van der Waals surface area contributed by atoms with E-state index in [0.717, 1.165) is 43.3 Å². The highest BCUT2D eigenvalue weighted by atomic mass is 35.5. The summed E-state index contributed by atoms with van der Waals surface area (Å²) in [5.41, 5.74) is 2.23. The minimum atomic E-state index is 0.232. The fourth-order valence-electron chi connectivity index (χ4n) is 3.71. The Bertz CT molecular complexity index is 888. The van der Waals surface area contributed by atoms with E-state index in [1.807, 2.05) is 42.2 Å². The SMILES string of the molecule is CCNC(=NCc1ccc(Cl)cc1OC)NCC1CC(=O)N(CCc2ccccc2)C1. The van der Waals surface area contributed by atoms with Gasteiger partial charge in [-0.2, -0.15) is 0 Å². The molecule has 0 aliphatic carbocycles. The lowest BCUT2D eigenvalue weighted by Crippen LogP contribution is -2.40. The topological polar surface area (TPSA) is 66.0 Å². The first kappa shape index (κ1) is 22.9. The summed E-state index contributed by atoms with van der Waals surface area (Å²) in [7, 11) is 1.63. The van der Waals surface area contributed by atoms with E-state index in [1.165, 1.54) is 5.56 Å². The maximum absolute atomic E-state index is 12.4. The number of amides is 1. The zero-order valence-electron chi connectivity index (χ0n) is 18.2. The number of nitrogens with zero attached hydrogens (tertiary/aromatic N) is 2. The lowest BCUT2D eigenvalue weighted by Gasteiger charge is -2.18. The van der Waals surface area contributed by atoms with Crippen LogP contribution in [0.15, 0.2) is 53.5 Å². The van der Waals surface area contributed by atoms with Crippen LogP contribution in [-0.2, 0) is 17.8 Å². The zero-order valence-corrected chi connectivity index (χ0v) is 19.0. The molecule has 0 bridgehead atoms. The van der Waals surface area contributed by atoms with E-state index in [0.29, 0.717) is 24.5 Å². The molecular formula is C24H31ClN4O2. The molecule has 1 amide bonds. The molecule has 1 fully saturated rings. The first-order chi connectivity index (χ1) is 15.1. The first-order valence-corrected chi connectivity index (χ1v) is 11.1. The molecule has 2 aromatic carbocycles. The van der Waals surface area contributed by atoms with Crippen molar-refractivity contribution in [1.82, 2.24) is 15.5 Å². The van der Waals surface area contributed by atoms with Crippen molar-refractivity contribution in [2.24, 2.45) is 10.9 Å².